The lowest BCUT2D eigenvalue weighted by atomic mass is 10.1. The number of fused-ring (bicyclic) bond motifs is 1. The molecule has 0 aliphatic carbocycles. The number of aryl methyl sites for hydroxylation is 2. The molecule has 28 heavy (non-hydrogen) atoms. The molecule has 3 aromatic rings. The molecule has 0 radical (unpaired) electrons. The Bertz CT molecular complexity index is 981. The van der Waals surface area contributed by atoms with Gasteiger partial charge in [-0.1, -0.05) is 30.3 Å². The number of benzene rings is 1. The maximum absolute atomic E-state index is 12.8. The number of hydrogen-bond donors (Lipinski definition) is 1. The molecule has 4 rings (SSSR count). The minimum atomic E-state index is -0.0438. The van der Waals surface area contributed by atoms with Gasteiger partial charge in [-0.05, 0) is 37.8 Å². The fourth-order valence-corrected chi connectivity index (χ4v) is 4.16. The Kier molecular flexibility index (Phi) is 5.13. The van der Waals surface area contributed by atoms with Crippen molar-refractivity contribution in [2.45, 2.75) is 32.9 Å². The number of rotatable bonds is 5. The van der Waals surface area contributed by atoms with Gasteiger partial charge in [0, 0.05) is 38.4 Å². The predicted octanol–water partition coefficient (Wildman–Crippen LogP) is 2.92. The zero-order chi connectivity index (χ0) is 19.7. The van der Waals surface area contributed by atoms with Crippen LogP contribution in [0.5, 0.6) is 0 Å². The standard InChI is InChI=1S/C22H27N5O/c1-15-9-19(20-12-24-26(3)21(20)25-15)22(28)23-11-18-10-16(2)27(14-18)13-17-7-5-4-6-8-17/h4-9,12,16,18H,10-11,13-14H2,1-3H3,(H,23,28)/t16-,18+/m1/s1. The van der Waals surface area contributed by atoms with Crippen LogP contribution in [-0.2, 0) is 13.6 Å². The molecule has 0 bridgehead atoms. The molecule has 0 spiro atoms. The first kappa shape index (κ1) is 18.6. The lowest BCUT2D eigenvalue weighted by Crippen LogP contribution is -2.31. The van der Waals surface area contributed by atoms with Gasteiger partial charge in [0.15, 0.2) is 5.65 Å². The van der Waals surface area contributed by atoms with E-state index in [-0.39, 0.29) is 5.91 Å². The number of carbonyl (C=O) groups excluding carboxylic acids is 1. The van der Waals surface area contributed by atoms with E-state index in [9.17, 15) is 4.79 Å². The summed E-state index contributed by atoms with van der Waals surface area (Å²) in [6.45, 7) is 6.84. The van der Waals surface area contributed by atoms with Crippen molar-refractivity contribution in [2.75, 3.05) is 13.1 Å². The van der Waals surface area contributed by atoms with Crippen molar-refractivity contribution < 1.29 is 4.79 Å². The van der Waals surface area contributed by atoms with Crippen molar-refractivity contribution in [2.24, 2.45) is 13.0 Å². The van der Waals surface area contributed by atoms with E-state index in [1.165, 1.54) is 5.56 Å². The summed E-state index contributed by atoms with van der Waals surface area (Å²) in [5.74, 6) is 0.424. The van der Waals surface area contributed by atoms with E-state index in [0.29, 0.717) is 24.1 Å². The molecule has 6 nitrogen and oxygen atoms in total. The van der Waals surface area contributed by atoms with Crippen molar-refractivity contribution in [1.82, 2.24) is 25.0 Å². The Balaban J connectivity index is 1.39. The molecule has 1 aliphatic rings. The van der Waals surface area contributed by atoms with Gasteiger partial charge in [-0.3, -0.25) is 14.4 Å². The lowest BCUT2D eigenvalue weighted by molar-refractivity contribution is 0.0948. The molecular weight excluding hydrogens is 350 g/mol. The molecule has 6 heteroatoms. The van der Waals surface area contributed by atoms with E-state index in [0.717, 1.165) is 36.2 Å². The second kappa shape index (κ2) is 7.72. The summed E-state index contributed by atoms with van der Waals surface area (Å²) >= 11 is 0. The van der Waals surface area contributed by atoms with E-state index in [2.05, 4.69) is 57.6 Å². The van der Waals surface area contributed by atoms with Gasteiger partial charge in [-0.2, -0.15) is 5.10 Å². The average molecular weight is 377 g/mol. The highest BCUT2D eigenvalue weighted by atomic mass is 16.1. The summed E-state index contributed by atoms with van der Waals surface area (Å²) in [5.41, 5.74) is 3.56. The van der Waals surface area contributed by atoms with E-state index in [1.54, 1.807) is 10.9 Å². The van der Waals surface area contributed by atoms with E-state index < -0.39 is 0 Å². The summed E-state index contributed by atoms with van der Waals surface area (Å²) in [6.07, 6.45) is 2.82. The number of hydrogen-bond acceptors (Lipinski definition) is 4. The zero-order valence-electron chi connectivity index (χ0n) is 16.7. The van der Waals surface area contributed by atoms with Crippen LogP contribution in [0.2, 0.25) is 0 Å². The van der Waals surface area contributed by atoms with Gasteiger partial charge in [-0.25, -0.2) is 4.98 Å². The Hall–Kier alpha value is -2.73. The molecule has 146 valence electrons. The quantitative estimate of drug-likeness (QED) is 0.743. The van der Waals surface area contributed by atoms with Gasteiger partial charge in [0.1, 0.15) is 0 Å². The van der Waals surface area contributed by atoms with E-state index >= 15 is 0 Å². The van der Waals surface area contributed by atoms with Crippen LogP contribution >= 0.6 is 0 Å². The molecule has 1 aromatic carbocycles. The number of nitrogens with zero attached hydrogens (tertiary/aromatic N) is 4. The number of amides is 1. The SMILES string of the molecule is Cc1cc(C(=O)NC[C@@H]2C[C@@H](C)N(Cc3ccccc3)C2)c2cnn(C)c2n1. The molecule has 2 aromatic heterocycles. The minimum absolute atomic E-state index is 0.0438. The maximum Gasteiger partial charge on any atom is 0.252 e. The van der Waals surface area contributed by atoms with Crippen molar-refractivity contribution in [3.63, 3.8) is 0 Å². The molecule has 0 saturated carbocycles. The summed E-state index contributed by atoms with van der Waals surface area (Å²) in [7, 11) is 1.84. The first-order valence-electron chi connectivity index (χ1n) is 9.87. The topological polar surface area (TPSA) is 63.1 Å². The van der Waals surface area contributed by atoms with Gasteiger partial charge in [0.05, 0.1) is 17.1 Å². The highest BCUT2D eigenvalue weighted by Crippen LogP contribution is 2.25. The minimum Gasteiger partial charge on any atom is -0.352 e. The van der Waals surface area contributed by atoms with Crippen molar-refractivity contribution in [3.05, 3.63) is 59.4 Å². The molecule has 1 fully saturated rings. The van der Waals surface area contributed by atoms with E-state index in [4.69, 9.17) is 0 Å². The zero-order valence-corrected chi connectivity index (χ0v) is 16.7. The molecule has 1 aliphatic heterocycles. The summed E-state index contributed by atoms with van der Waals surface area (Å²) < 4.78 is 1.71. The third-order valence-corrected chi connectivity index (χ3v) is 5.65. The summed E-state index contributed by atoms with van der Waals surface area (Å²) in [4.78, 5) is 19.8. The highest BCUT2D eigenvalue weighted by Gasteiger charge is 2.29. The first-order chi connectivity index (χ1) is 13.5. The monoisotopic (exact) mass is 377 g/mol. The first-order valence-corrected chi connectivity index (χ1v) is 9.87. The molecule has 3 heterocycles. The Morgan fingerprint density at radius 1 is 1.29 bits per heavy atom. The Labute approximate surface area is 165 Å². The van der Waals surface area contributed by atoms with Gasteiger partial charge in [0.25, 0.3) is 5.91 Å². The number of carbonyl (C=O) groups is 1. The smallest absolute Gasteiger partial charge is 0.252 e. The van der Waals surface area contributed by atoms with Gasteiger partial charge in [0.2, 0.25) is 0 Å². The number of pyridine rings is 1. The van der Waals surface area contributed by atoms with Crippen LogP contribution in [0.4, 0.5) is 0 Å². The maximum atomic E-state index is 12.8. The second-order valence-corrected chi connectivity index (χ2v) is 7.89. The number of likely N-dealkylation sites (tertiary alicyclic amines) is 1. The van der Waals surface area contributed by atoms with Gasteiger partial charge in [-0.15, -0.1) is 0 Å². The summed E-state index contributed by atoms with van der Waals surface area (Å²) in [6, 6.07) is 12.9. The number of nitrogens with one attached hydrogen (secondary N) is 1. The second-order valence-electron chi connectivity index (χ2n) is 7.89. The van der Waals surface area contributed by atoms with Crippen LogP contribution in [0.15, 0.2) is 42.6 Å². The van der Waals surface area contributed by atoms with Crippen molar-refractivity contribution >= 4 is 16.9 Å². The fraction of sp³-hybridized carbons (Fsp3) is 0.409. The Morgan fingerprint density at radius 2 is 2.07 bits per heavy atom. The fourth-order valence-electron chi connectivity index (χ4n) is 4.16. The molecule has 1 amide bonds. The van der Waals surface area contributed by atoms with Crippen LogP contribution in [-0.4, -0.2) is 44.7 Å². The molecule has 2 atom stereocenters. The largest absolute Gasteiger partial charge is 0.352 e. The lowest BCUT2D eigenvalue weighted by Gasteiger charge is -2.21. The van der Waals surface area contributed by atoms with Crippen molar-refractivity contribution in [1.29, 1.82) is 0 Å². The van der Waals surface area contributed by atoms with Crippen molar-refractivity contribution in [3.8, 4) is 0 Å². The van der Waals surface area contributed by atoms with Crippen LogP contribution in [0.3, 0.4) is 0 Å². The van der Waals surface area contributed by atoms with Gasteiger partial charge >= 0.3 is 0 Å². The summed E-state index contributed by atoms with van der Waals surface area (Å²) in [5, 5.41) is 8.19. The molecular formula is C22H27N5O. The van der Waals surface area contributed by atoms with E-state index in [1.807, 2.05) is 20.0 Å². The van der Waals surface area contributed by atoms with Crippen LogP contribution < -0.4 is 5.32 Å². The predicted molar refractivity (Wildman–Crippen MR) is 110 cm³/mol. The van der Waals surface area contributed by atoms with Crippen LogP contribution in [0, 0.1) is 12.8 Å². The molecule has 0 unspecified atom stereocenters. The normalized spacial score (nSPS) is 20.0. The highest BCUT2D eigenvalue weighted by molar-refractivity contribution is 6.05. The number of aromatic nitrogens is 3. The Morgan fingerprint density at radius 3 is 2.86 bits per heavy atom. The third kappa shape index (κ3) is 3.78. The molecule has 1 saturated heterocycles. The van der Waals surface area contributed by atoms with Crippen LogP contribution in [0.25, 0.3) is 11.0 Å². The molecule has 1 N–H and O–H groups in total. The van der Waals surface area contributed by atoms with Crippen LogP contribution in [0.1, 0.15) is 35.0 Å². The average Bonchev–Trinajstić information content (AvgIpc) is 3.23. The third-order valence-electron chi connectivity index (χ3n) is 5.65. The van der Waals surface area contributed by atoms with Gasteiger partial charge < -0.3 is 5.32 Å².